The molecule has 1 amide bonds. The Hall–Kier alpha value is -3.40. The summed E-state index contributed by atoms with van der Waals surface area (Å²) in [6.45, 7) is 11.5. The van der Waals surface area contributed by atoms with Gasteiger partial charge < -0.3 is 15.5 Å². The van der Waals surface area contributed by atoms with Gasteiger partial charge in [-0.05, 0) is 65.8 Å². The van der Waals surface area contributed by atoms with E-state index in [4.69, 9.17) is 0 Å². The van der Waals surface area contributed by atoms with E-state index in [0.29, 0.717) is 41.4 Å². The first-order chi connectivity index (χ1) is 17.8. The number of likely N-dealkylation sites (tertiary alicyclic amines) is 1. The van der Waals surface area contributed by atoms with Gasteiger partial charge in [0.25, 0.3) is 5.91 Å². The number of aromatic nitrogens is 3. The molecule has 1 aromatic carbocycles. The summed E-state index contributed by atoms with van der Waals surface area (Å²) in [5.74, 6) is -0.244. The predicted molar refractivity (Wildman–Crippen MR) is 144 cm³/mol. The Morgan fingerprint density at radius 1 is 1.21 bits per heavy atom. The minimum absolute atomic E-state index is 0.157. The highest BCUT2D eigenvalue weighted by Gasteiger charge is 2.35. The molecule has 1 fully saturated rings. The van der Waals surface area contributed by atoms with E-state index in [1.807, 2.05) is 40.0 Å². The Morgan fingerprint density at radius 2 is 1.97 bits per heavy atom. The second kappa shape index (κ2) is 10.8. The monoisotopic (exact) mass is 528 g/mol. The highest BCUT2D eigenvalue weighted by molar-refractivity contribution is 6.00. The zero-order valence-corrected chi connectivity index (χ0v) is 22.3. The zero-order valence-electron chi connectivity index (χ0n) is 22.3. The lowest BCUT2D eigenvalue weighted by Gasteiger charge is -2.19. The number of halogens is 3. The number of nitrogens with zero attached hydrogens (tertiary/aromatic N) is 4. The molecule has 7 nitrogen and oxygen atoms in total. The number of likely N-dealkylation sites (N-methyl/N-ethyl adjacent to an activating group) is 1. The maximum atomic E-state index is 13.7. The third kappa shape index (κ3) is 6.35. The highest BCUT2D eigenvalue weighted by Crippen LogP contribution is 2.37. The number of carbonyl (C=O) groups is 1. The molecular formula is C28H35F3N6O. The van der Waals surface area contributed by atoms with E-state index in [1.165, 1.54) is 6.20 Å². The lowest BCUT2D eigenvalue weighted by atomic mass is 10.0. The molecule has 0 unspecified atom stereocenters. The molecule has 0 radical (unpaired) electrons. The van der Waals surface area contributed by atoms with Crippen LogP contribution in [0.2, 0.25) is 0 Å². The Bertz CT molecular complexity index is 1320. The summed E-state index contributed by atoms with van der Waals surface area (Å²) in [5, 5.41) is 11.7. The van der Waals surface area contributed by atoms with E-state index in [9.17, 15) is 18.0 Å². The minimum atomic E-state index is -4.60. The Morgan fingerprint density at radius 3 is 2.61 bits per heavy atom. The van der Waals surface area contributed by atoms with E-state index in [1.54, 1.807) is 23.0 Å². The lowest BCUT2D eigenvalue weighted by Crippen LogP contribution is -2.25. The van der Waals surface area contributed by atoms with Crippen LogP contribution >= 0.6 is 0 Å². The molecule has 0 aliphatic carbocycles. The zero-order chi connectivity index (χ0) is 27.7. The Labute approximate surface area is 221 Å². The SMILES string of the molecule is C=C(c1nc(CCCNC(=O)c2cnn(C(C)(C)C)c2)cc2c(N[C@H]3CCN(C)C3)cccc12)C(F)(F)F. The van der Waals surface area contributed by atoms with Crippen LogP contribution in [0.15, 0.2) is 43.2 Å². The largest absolute Gasteiger partial charge is 0.417 e. The number of alkyl halides is 3. The number of hydrogen-bond acceptors (Lipinski definition) is 5. The van der Waals surface area contributed by atoms with Gasteiger partial charge in [0, 0.05) is 47.5 Å². The molecule has 38 heavy (non-hydrogen) atoms. The molecular weight excluding hydrogens is 493 g/mol. The van der Waals surface area contributed by atoms with Gasteiger partial charge in [-0.2, -0.15) is 18.3 Å². The van der Waals surface area contributed by atoms with Crippen LogP contribution in [0.1, 0.15) is 55.4 Å². The minimum Gasteiger partial charge on any atom is -0.380 e. The van der Waals surface area contributed by atoms with Crippen molar-refractivity contribution < 1.29 is 18.0 Å². The topological polar surface area (TPSA) is 75.1 Å². The predicted octanol–water partition coefficient (Wildman–Crippen LogP) is 5.24. The van der Waals surface area contributed by atoms with Crippen molar-refractivity contribution >= 4 is 27.9 Å². The molecule has 10 heteroatoms. The molecule has 1 aliphatic heterocycles. The first kappa shape index (κ1) is 27.6. The summed E-state index contributed by atoms with van der Waals surface area (Å²) in [7, 11) is 2.05. The van der Waals surface area contributed by atoms with Crippen LogP contribution in [0.25, 0.3) is 16.3 Å². The Balaban J connectivity index is 1.52. The first-order valence-electron chi connectivity index (χ1n) is 12.8. The number of nitrogens with one attached hydrogen (secondary N) is 2. The van der Waals surface area contributed by atoms with Crippen LogP contribution in [-0.2, 0) is 12.0 Å². The fraction of sp³-hybridized carbons (Fsp3) is 0.464. The average Bonchev–Trinajstić information content (AvgIpc) is 3.50. The fourth-order valence-electron chi connectivity index (χ4n) is 4.60. The van der Waals surface area contributed by atoms with Gasteiger partial charge in [0.05, 0.1) is 28.6 Å². The average molecular weight is 529 g/mol. The number of allylic oxidation sites excluding steroid dienone is 1. The summed E-state index contributed by atoms with van der Waals surface area (Å²) in [6, 6.07) is 7.35. The molecule has 1 saturated heterocycles. The standard InChI is InChI=1S/C28H35F3N6O/c1-18(28(29,30)31)25-22-9-6-10-24(34-21-11-13-36(5)17-21)23(22)14-20(35-25)8-7-12-32-26(38)19-15-33-37(16-19)27(2,3)4/h6,9-10,14-16,21,34H,1,7-8,11-13,17H2,2-5H3,(H,32,38)/t21-/m0/s1. The summed E-state index contributed by atoms with van der Waals surface area (Å²) in [6.07, 6.45) is 0.501. The molecule has 2 N–H and O–H groups in total. The van der Waals surface area contributed by atoms with Crippen molar-refractivity contribution in [1.29, 1.82) is 0 Å². The van der Waals surface area contributed by atoms with Crippen LogP contribution in [0, 0.1) is 0 Å². The highest BCUT2D eigenvalue weighted by atomic mass is 19.4. The van der Waals surface area contributed by atoms with Crippen LogP contribution in [0.4, 0.5) is 18.9 Å². The second-order valence-electron chi connectivity index (χ2n) is 10.9. The summed E-state index contributed by atoms with van der Waals surface area (Å²) >= 11 is 0. The number of hydrogen-bond donors (Lipinski definition) is 2. The third-order valence-corrected chi connectivity index (χ3v) is 6.73. The van der Waals surface area contributed by atoms with Crippen LogP contribution in [-0.4, -0.2) is 64.5 Å². The summed E-state index contributed by atoms with van der Waals surface area (Å²) in [4.78, 5) is 19.1. The molecule has 3 heterocycles. The van der Waals surface area contributed by atoms with Crippen molar-refractivity contribution in [2.45, 2.75) is 57.8 Å². The molecule has 0 spiro atoms. The van der Waals surface area contributed by atoms with Gasteiger partial charge in [0.2, 0.25) is 0 Å². The first-order valence-corrected chi connectivity index (χ1v) is 12.8. The molecule has 0 saturated carbocycles. The van der Waals surface area contributed by atoms with Gasteiger partial charge in [-0.1, -0.05) is 18.7 Å². The number of carbonyl (C=O) groups excluding carboxylic acids is 1. The number of benzene rings is 1. The molecule has 3 aromatic rings. The van der Waals surface area contributed by atoms with Gasteiger partial charge >= 0.3 is 6.18 Å². The van der Waals surface area contributed by atoms with Crippen molar-refractivity contribution in [2.24, 2.45) is 0 Å². The van der Waals surface area contributed by atoms with E-state index in [2.05, 4.69) is 32.2 Å². The van der Waals surface area contributed by atoms with Crippen molar-refractivity contribution in [3.63, 3.8) is 0 Å². The lowest BCUT2D eigenvalue weighted by molar-refractivity contribution is -0.0688. The normalized spacial score (nSPS) is 16.7. The van der Waals surface area contributed by atoms with Crippen molar-refractivity contribution in [3.05, 3.63) is 60.2 Å². The van der Waals surface area contributed by atoms with Gasteiger partial charge in [-0.3, -0.25) is 14.5 Å². The molecule has 4 rings (SSSR count). The Kier molecular flexibility index (Phi) is 7.83. The maximum absolute atomic E-state index is 13.7. The van der Waals surface area contributed by atoms with Crippen molar-refractivity contribution in [1.82, 2.24) is 25.0 Å². The quantitative estimate of drug-likeness (QED) is 0.391. The number of rotatable bonds is 8. The smallest absolute Gasteiger partial charge is 0.380 e. The molecule has 0 bridgehead atoms. The maximum Gasteiger partial charge on any atom is 0.417 e. The van der Waals surface area contributed by atoms with E-state index in [0.717, 1.165) is 25.2 Å². The summed E-state index contributed by atoms with van der Waals surface area (Å²) < 4.78 is 42.8. The van der Waals surface area contributed by atoms with Crippen LogP contribution in [0.5, 0.6) is 0 Å². The molecule has 1 atom stereocenters. The number of fused-ring (bicyclic) bond motifs is 1. The van der Waals surface area contributed by atoms with E-state index >= 15 is 0 Å². The number of aryl methyl sites for hydroxylation is 1. The van der Waals surface area contributed by atoms with E-state index in [-0.39, 0.29) is 23.2 Å². The summed E-state index contributed by atoms with van der Waals surface area (Å²) in [5.41, 5.74) is 0.403. The van der Waals surface area contributed by atoms with Gasteiger partial charge in [-0.25, -0.2) is 0 Å². The van der Waals surface area contributed by atoms with Crippen molar-refractivity contribution in [2.75, 3.05) is 32.0 Å². The second-order valence-corrected chi connectivity index (χ2v) is 10.9. The fourth-order valence-corrected chi connectivity index (χ4v) is 4.60. The number of anilines is 1. The number of amides is 1. The number of pyridine rings is 1. The van der Waals surface area contributed by atoms with Gasteiger partial charge in [0.15, 0.2) is 0 Å². The van der Waals surface area contributed by atoms with Gasteiger partial charge in [-0.15, -0.1) is 0 Å². The van der Waals surface area contributed by atoms with E-state index < -0.39 is 11.7 Å². The van der Waals surface area contributed by atoms with Gasteiger partial charge in [0.1, 0.15) is 0 Å². The third-order valence-electron chi connectivity index (χ3n) is 6.73. The molecule has 1 aliphatic rings. The molecule has 2 aromatic heterocycles. The molecule has 204 valence electrons. The van der Waals surface area contributed by atoms with Crippen molar-refractivity contribution in [3.8, 4) is 0 Å². The van der Waals surface area contributed by atoms with Crippen LogP contribution < -0.4 is 10.6 Å². The van der Waals surface area contributed by atoms with Crippen LogP contribution in [0.3, 0.4) is 0 Å².